The number of ketones is 1. The van der Waals surface area contributed by atoms with E-state index in [-0.39, 0.29) is 5.78 Å². The quantitative estimate of drug-likeness (QED) is 0.784. The third kappa shape index (κ3) is 1.97. The molecule has 0 bridgehead atoms. The average Bonchev–Trinajstić information content (AvgIpc) is 2.22. The van der Waals surface area contributed by atoms with Crippen LogP contribution < -0.4 is 0 Å². The second kappa shape index (κ2) is 3.95. The maximum atomic E-state index is 11.0. The molecule has 1 aromatic heterocycles. The van der Waals surface area contributed by atoms with Gasteiger partial charge in [-0.3, -0.25) is 4.79 Å². The van der Waals surface area contributed by atoms with Crippen LogP contribution in [0.4, 0.5) is 0 Å². The molecule has 2 aromatic rings. The minimum Gasteiger partial charge on any atom is -0.361 e. The summed E-state index contributed by atoms with van der Waals surface area (Å²) in [4.78, 5) is 14.2. The lowest BCUT2D eigenvalue weighted by Gasteiger charge is -2.02. The lowest BCUT2D eigenvalue weighted by Crippen LogP contribution is -1.98. The molecule has 2 rings (SSSR count). The van der Waals surface area contributed by atoms with Crippen LogP contribution in [0.2, 0.25) is 0 Å². The summed E-state index contributed by atoms with van der Waals surface area (Å²) < 4.78 is 0.777. The Morgan fingerprint density at radius 3 is 2.87 bits per heavy atom. The van der Waals surface area contributed by atoms with E-state index in [4.69, 9.17) is 12.2 Å². The first-order valence-electron chi connectivity index (χ1n) is 4.77. The summed E-state index contributed by atoms with van der Waals surface area (Å²) in [7, 11) is 0. The summed E-state index contributed by atoms with van der Waals surface area (Å²) in [6, 6.07) is 7.85. The van der Waals surface area contributed by atoms with Crippen molar-refractivity contribution in [2.45, 2.75) is 13.3 Å². The molecule has 15 heavy (non-hydrogen) atoms. The molecule has 1 heterocycles. The Morgan fingerprint density at radius 2 is 2.13 bits per heavy atom. The Bertz CT molecular complexity index is 571. The Labute approximate surface area is 92.9 Å². The van der Waals surface area contributed by atoms with Crippen molar-refractivity contribution < 1.29 is 4.79 Å². The standard InChI is InChI=1S/C12H11NOS/c1-8(14)6-9-7-13-11-5-3-2-4-10(11)12(9)15/h2-5,7H,6H2,1H3,(H,13,15). The van der Waals surface area contributed by atoms with Gasteiger partial charge in [0.25, 0.3) is 0 Å². The number of para-hydroxylation sites is 1. The molecule has 0 saturated heterocycles. The van der Waals surface area contributed by atoms with E-state index < -0.39 is 0 Å². The van der Waals surface area contributed by atoms with Crippen LogP contribution in [0.1, 0.15) is 12.5 Å². The van der Waals surface area contributed by atoms with Crippen LogP contribution in [0, 0.1) is 4.51 Å². The molecule has 76 valence electrons. The van der Waals surface area contributed by atoms with Crippen molar-refractivity contribution in [2.24, 2.45) is 0 Å². The van der Waals surface area contributed by atoms with E-state index >= 15 is 0 Å². The fourth-order valence-corrected chi connectivity index (χ4v) is 1.92. The van der Waals surface area contributed by atoms with Crippen molar-refractivity contribution in [1.82, 2.24) is 4.98 Å². The number of carbonyl (C=O) groups is 1. The molecule has 0 fully saturated rings. The Balaban J connectivity index is 2.65. The van der Waals surface area contributed by atoms with Crippen molar-refractivity contribution >= 4 is 28.9 Å². The summed E-state index contributed by atoms with van der Waals surface area (Å²) in [6.45, 7) is 1.57. The molecule has 1 aromatic carbocycles. The smallest absolute Gasteiger partial charge is 0.134 e. The Hall–Kier alpha value is -1.48. The summed E-state index contributed by atoms with van der Waals surface area (Å²) in [6.07, 6.45) is 2.23. The normalized spacial score (nSPS) is 10.5. The topological polar surface area (TPSA) is 32.9 Å². The average molecular weight is 217 g/mol. The molecule has 3 heteroatoms. The lowest BCUT2D eigenvalue weighted by atomic mass is 10.1. The van der Waals surface area contributed by atoms with Crippen LogP contribution in [0.5, 0.6) is 0 Å². The maximum Gasteiger partial charge on any atom is 0.134 e. The van der Waals surface area contributed by atoms with Crippen molar-refractivity contribution in [3.05, 3.63) is 40.5 Å². The molecule has 0 radical (unpaired) electrons. The highest BCUT2D eigenvalue weighted by Gasteiger charge is 2.03. The molecule has 0 aliphatic rings. The van der Waals surface area contributed by atoms with Crippen LogP contribution >= 0.6 is 12.2 Å². The monoisotopic (exact) mass is 217 g/mol. The van der Waals surface area contributed by atoms with Crippen molar-refractivity contribution in [1.29, 1.82) is 0 Å². The van der Waals surface area contributed by atoms with Crippen LogP contribution in [-0.4, -0.2) is 10.8 Å². The maximum absolute atomic E-state index is 11.0. The van der Waals surface area contributed by atoms with E-state index in [1.165, 1.54) is 0 Å². The molecule has 0 saturated carbocycles. The zero-order valence-corrected chi connectivity index (χ0v) is 9.23. The summed E-state index contributed by atoms with van der Waals surface area (Å²) in [5.74, 6) is 0.129. The first kappa shape index (κ1) is 10.1. The number of carbonyl (C=O) groups excluding carboxylic acids is 1. The summed E-state index contributed by atoms with van der Waals surface area (Å²) in [5.41, 5.74) is 1.91. The Kier molecular flexibility index (Phi) is 2.64. The minimum absolute atomic E-state index is 0.129. The van der Waals surface area contributed by atoms with Crippen molar-refractivity contribution in [2.75, 3.05) is 0 Å². The predicted octanol–water partition coefficient (Wildman–Crippen LogP) is 3.03. The van der Waals surface area contributed by atoms with Gasteiger partial charge in [-0.15, -0.1) is 0 Å². The lowest BCUT2D eigenvalue weighted by molar-refractivity contribution is -0.116. The Morgan fingerprint density at radius 1 is 1.40 bits per heavy atom. The SMILES string of the molecule is CC(=O)Cc1c[nH]c2ccccc2c1=S. The second-order valence-corrected chi connectivity index (χ2v) is 3.98. The first-order chi connectivity index (χ1) is 7.18. The zero-order chi connectivity index (χ0) is 10.8. The minimum atomic E-state index is 0.129. The van der Waals surface area contributed by atoms with Crippen LogP contribution in [0.3, 0.4) is 0 Å². The molecule has 0 spiro atoms. The molecule has 2 nitrogen and oxygen atoms in total. The van der Waals surface area contributed by atoms with Gasteiger partial charge in [-0.25, -0.2) is 0 Å². The zero-order valence-electron chi connectivity index (χ0n) is 8.41. The number of aromatic amines is 1. The number of H-pyrrole nitrogens is 1. The molecule has 0 aliphatic heterocycles. The van der Waals surface area contributed by atoms with Gasteiger partial charge in [-0.2, -0.15) is 0 Å². The number of fused-ring (bicyclic) bond motifs is 1. The van der Waals surface area contributed by atoms with Gasteiger partial charge in [0.1, 0.15) is 5.78 Å². The van der Waals surface area contributed by atoms with E-state index in [1.807, 2.05) is 30.5 Å². The number of hydrogen-bond donors (Lipinski definition) is 1. The predicted molar refractivity (Wildman–Crippen MR) is 63.5 cm³/mol. The van der Waals surface area contributed by atoms with Crippen molar-refractivity contribution in [3.8, 4) is 0 Å². The second-order valence-electron chi connectivity index (χ2n) is 3.57. The van der Waals surface area contributed by atoms with E-state index in [0.717, 1.165) is 21.0 Å². The van der Waals surface area contributed by atoms with Gasteiger partial charge in [-0.05, 0) is 18.6 Å². The summed E-state index contributed by atoms with van der Waals surface area (Å²) in [5, 5.41) is 1.01. The van der Waals surface area contributed by atoms with Gasteiger partial charge in [0.2, 0.25) is 0 Å². The number of hydrogen-bond acceptors (Lipinski definition) is 2. The van der Waals surface area contributed by atoms with E-state index in [9.17, 15) is 4.79 Å². The molecule has 0 aliphatic carbocycles. The van der Waals surface area contributed by atoms with Gasteiger partial charge in [0, 0.05) is 23.5 Å². The molecule has 0 unspecified atom stereocenters. The number of rotatable bonds is 2. The molecular formula is C12H11NOS. The third-order valence-electron chi connectivity index (χ3n) is 2.30. The fraction of sp³-hybridized carbons (Fsp3) is 0.167. The van der Waals surface area contributed by atoms with E-state index in [2.05, 4.69) is 4.98 Å². The highest BCUT2D eigenvalue weighted by Crippen LogP contribution is 2.16. The first-order valence-corrected chi connectivity index (χ1v) is 5.18. The number of Topliss-reactive ketones (excluding diaryl/α,β-unsaturated/α-hetero) is 1. The van der Waals surface area contributed by atoms with Crippen LogP contribution in [0.25, 0.3) is 10.9 Å². The van der Waals surface area contributed by atoms with Gasteiger partial charge in [-0.1, -0.05) is 30.4 Å². The molecule has 0 amide bonds. The van der Waals surface area contributed by atoms with E-state index in [0.29, 0.717) is 6.42 Å². The highest BCUT2D eigenvalue weighted by molar-refractivity contribution is 7.71. The molecule has 0 atom stereocenters. The van der Waals surface area contributed by atoms with E-state index in [1.54, 1.807) is 6.92 Å². The third-order valence-corrected chi connectivity index (χ3v) is 2.79. The van der Waals surface area contributed by atoms with Crippen LogP contribution in [-0.2, 0) is 11.2 Å². The van der Waals surface area contributed by atoms with Gasteiger partial charge in [0.05, 0.1) is 4.51 Å². The number of nitrogens with one attached hydrogen (secondary N) is 1. The summed E-state index contributed by atoms with van der Waals surface area (Å²) >= 11 is 5.34. The number of pyridine rings is 1. The van der Waals surface area contributed by atoms with Gasteiger partial charge < -0.3 is 4.98 Å². The van der Waals surface area contributed by atoms with Gasteiger partial charge >= 0.3 is 0 Å². The number of benzene rings is 1. The molecule has 1 N–H and O–H groups in total. The number of aromatic nitrogens is 1. The van der Waals surface area contributed by atoms with Crippen LogP contribution in [0.15, 0.2) is 30.5 Å². The largest absolute Gasteiger partial charge is 0.361 e. The highest BCUT2D eigenvalue weighted by atomic mass is 32.1. The van der Waals surface area contributed by atoms with Crippen molar-refractivity contribution in [3.63, 3.8) is 0 Å². The molecular weight excluding hydrogens is 206 g/mol. The van der Waals surface area contributed by atoms with Gasteiger partial charge in [0.15, 0.2) is 0 Å². The fourth-order valence-electron chi connectivity index (χ4n) is 1.61.